The van der Waals surface area contributed by atoms with Gasteiger partial charge >= 0.3 is 0 Å². The quantitative estimate of drug-likeness (QED) is 0.148. The van der Waals surface area contributed by atoms with Crippen LogP contribution in [0.4, 0.5) is 0 Å². The average Bonchev–Trinajstić information content (AvgIpc) is 1.77. The Morgan fingerprint density at radius 1 is 0.213 bits per heavy atom. The predicted molar refractivity (Wildman–Crippen MR) is 346 cm³/mol. The van der Waals surface area contributed by atoms with E-state index >= 15 is 0 Å². The first-order chi connectivity index (χ1) is 43.2. The smallest absolute Gasteiger partial charge is 0.148 e. The standard InChI is InChI=1S/C30H16N8S.4C10H8N2.2Os/c1-5-15-21(31-11-1)22-16(6-2-12-32-22)26-25(15)35-29(36-26)19-9-10-20(39-19)30-37-27-17-7-3-13-33-23(17)24-18(28(27)38-30)8-4-14-34-24;4*1-3-7-11-9(5-1)10-6-2-4-8-12-10;;/h1-14H,(H,35,36)(H,37,38);4*1-8H;;. The molecule has 0 radical (unpaired) electrons. The molecule has 19 heteroatoms. The summed E-state index contributed by atoms with van der Waals surface area (Å²) >= 11 is 1.64. The van der Waals surface area contributed by atoms with E-state index in [2.05, 4.69) is 106 Å². The van der Waals surface area contributed by atoms with Crippen LogP contribution in [0.5, 0.6) is 0 Å². The summed E-state index contributed by atoms with van der Waals surface area (Å²) in [6.45, 7) is 0. The van der Waals surface area contributed by atoms with E-state index in [1.54, 1.807) is 85.7 Å². The van der Waals surface area contributed by atoms with Gasteiger partial charge in [0.15, 0.2) is 0 Å². The summed E-state index contributed by atoms with van der Waals surface area (Å²) in [7, 11) is 0. The van der Waals surface area contributed by atoms with Gasteiger partial charge in [-0.25, -0.2) is 9.97 Å². The van der Waals surface area contributed by atoms with Crippen molar-refractivity contribution < 1.29 is 39.6 Å². The molecule has 0 aliphatic heterocycles. The van der Waals surface area contributed by atoms with Gasteiger partial charge in [0.2, 0.25) is 0 Å². The molecule has 17 rings (SSSR count). The van der Waals surface area contributed by atoms with Gasteiger partial charge in [-0.05, 0) is 158 Å². The molecule has 430 valence electrons. The van der Waals surface area contributed by atoms with Crippen LogP contribution in [0.1, 0.15) is 0 Å². The molecule has 2 N–H and O–H groups in total. The van der Waals surface area contributed by atoms with Crippen LogP contribution in [0, 0.1) is 0 Å². The maximum atomic E-state index is 5.03. The summed E-state index contributed by atoms with van der Waals surface area (Å²) in [4.78, 5) is 71.2. The Balaban J connectivity index is 0.000000133. The van der Waals surface area contributed by atoms with Crippen LogP contribution in [0.25, 0.3) is 133 Å². The predicted octanol–water partition coefficient (Wildman–Crippen LogP) is 15.6. The molecule has 16 nitrogen and oxygen atoms in total. The first kappa shape index (κ1) is 59.9. The van der Waals surface area contributed by atoms with Gasteiger partial charge in [0.05, 0.1) is 99.4 Å². The van der Waals surface area contributed by atoms with Gasteiger partial charge in [-0.1, -0.05) is 48.5 Å². The fourth-order valence-electron chi connectivity index (χ4n) is 9.63. The van der Waals surface area contributed by atoms with Crippen molar-refractivity contribution in [3.8, 4) is 67.0 Å². The molecule has 17 aromatic rings. The van der Waals surface area contributed by atoms with Crippen molar-refractivity contribution in [2.45, 2.75) is 0 Å². The molecular formula is C70H48N16Os2S. The van der Waals surface area contributed by atoms with Crippen LogP contribution in [-0.4, -0.2) is 79.7 Å². The third-order valence-electron chi connectivity index (χ3n) is 13.6. The molecule has 0 saturated heterocycles. The van der Waals surface area contributed by atoms with Crippen LogP contribution in [0.2, 0.25) is 0 Å². The van der Waals surface area contributed by atoms with Gasteiger partial charge in [0, 0.05) is 135 Å². The molecule has 15 heterocycles. The second-order valence-electron chi connectivity index (χ2n) is 19.1. The monoisotopic (exact) mass is 1530 g/mol. The molecule has 2 aromatic carbocycles. The summed E-state index contributed by atoms with van der Waals surface area (Å²) in [5.74, 6) is 1.62. The molecule has 0 saturated carbocycles. The molecule has 0 amide bonds. The minimum Gasteiger partial charge on any atom is -0.337 e. The number of benzene rings is 2. The number of nitrogens with zero attached hydrogens (tertiary/aromatic N) is 14. The minimum atomic E-state index is 0. The number of pyridine rings is 12. The number of imidazole rings is 2. The zero-order valence-corrected chi connectivity index (χ0v) is 52.8. The van der Waals surface area contributed by atoms with Crippen molar-refractivity contribution in [2.75, 3.05) is 0 Å². The Labute approximate surface area is 540 Å². The molecule has 0 fully saturated rings. The third-order valence-corrected chi connectivity index (χ3v) is 14.7. The summed E-state index contributed by atoms with van der Waals surface area (Å²) in [6.07, 6.45) is 21.3. The van der Waals surface area contributed by atoms with Gasteiger partial charge in [-0.3, -0.25) is 59.8 Å². The van der Waals surface area contributed by atoms with Crippen molar-refractivity contribution in [2.24, 2.45) is 0 Å². The molecule has 0 aliphatic rings. The molecule has 15 aromatic heterocycles. The number of nitrogens with one attached hydrogen (secondary N) is 2. The van der Waals surface area contributed by atoms with E-state index in [0.29, 0.717) is 0 Å². The van der Waals surface area contributed by atoms with Gasteiger partial charge in [0.1, 0.15) is 11.6 Å². The summed E-state index contributed by atoms with van der Waals surface area (Å²) in [6, 6.07) is 66.6. The summed E-state index contributed by atoms with van der Waals surface area (Å²) < 4.78 is 0. The second-order valence-corrected chi connectivity index (χ2v) is 20.2. The van der Waals surface area contributed by atoms with E-state index in [4.69, 9.17) is 9.97 Å². The number of aromatic nitrogens is 16. The van der Waals surface area contributed by atoms with E-state index in [1.165, 1.54) is 0 Å². The van der Waals surface area contributed by atoms with E-state index < -0.39 is 0 Å². The normalized spacial score (nSPS) is 10.5. The van der Waals surface area contributed by atoms with Gasteiger partial charge in [0.25, 0.3) is 0 Å². The molecule has 0 atom stereocenters. The molecule has 0 bridgehead atoms. The SMILES string of the molecule is [Os].[Os].c1ccc(-c2ccccn2)nc1.c1ccc(-c2ccccn2)nc1.c1ccc(-c2ccccn2)nc1.c1ccc(-c2ccccn2)nc1.c1cnc2c(c1)c1nc(-c3ccc(-c4nc5c6cccnc6c6ncccc6c5[nH]4)s3)[nH]c1c1cccnc12. The summed E-state index contributed by atoms with van der Waals surface area (Å²) in [5.41, 5.74) is 14.5. The summed E-state index contributed by atoms with van der Waals surface area (Å²) in [5, 5.41) is 3.98. The number of hydrogen-bond acceptors (Lipinski definition) is 15. The Kier molecular flexibility index (Phi) is 19.6. The van der Waals surface area contributed by atoms with Crippen molar-refractivity contribution in [1.29, 1.82) is 0 Å². The molecule has 0 spiro atoms. The third kappa shape index (κ3) is 13.7. The van der Waals surface area contributed by atoms with Crippen LogP contribution in [0.3, 0.4) is 0 Å². The zero-order valence-electron chi connectivity index (χ0n) is 46.9. The number of aromatic amines is 2. The topological polar surface area (TPSA) is 212 Å². The van der Waals surface area contributed by atoms with Crippen LogP contribution in [-0.2, 0) is 39.6 Å². The number of fused-ring (bicyclic) bond motifs is 12. The minimum absolute atomic E-state index is 0. The zero-order chi connectivity index (χ0) is 58.4. The van der Waals surface area contributed by atoms with Gasteiger partial charge in [-0.15, -0.1) is 11.3 Å². The van der Waals surface area contributed by atoms with Crippen LogP contribution in [0.15, 0.2) is 281 Å². The van der Waals surface area contributed by atoms with Gasteiger partial charge < -0.3 is 9.97 Å². The number of thiophene rings is 1. The van der Waals surface area contributed by atoms with Crippen LogP contribution < -0.4 is 0 Å². The van der Waals surface area contributed by atoms with Crippen molar-refractivity contribution in [3.63, 3.8) is 0 Å². The fraction of sp³-hybridized carbons (Fsp3) is 0. The first-order valence-corrected chi connectivity index (χ1v) is 28.4. The number of H-pyrrole nitrogens is 2. The van der Waals surface area contributed by atoms with E-state index in [1.807, 2.05) is 170 Å². The van der Waals surface area contributed by atoms with E-state index in [0.717, 1.165) is 133 Å². The Morgan fingerprint density at radius 3 is 0.674 bits per heavy atom. The molecule has 89 heavy (non-hydrogen) atoms. The molecular weight excluding hydrogens is 1480 g/mol. The Morgan fingerprint density at radius 2 is 0.438 bits per heavy atom. The maximum Gasteiger partial charge on any atom is 0.148 e. The number of hydrogen-bond donors (Lipinski definition) is 2. The molecule has 0 aliphatic carbocycles. The van der Waals surface area contributed by atoms with E-state index in [-0.39, 0.29) is 39.6 Å². The largest absolute Gasteiger partial charge is 0.337 e. The van der Waals surface area contributed by atoms with Crippen molar-refractivity contribution >= 4 is 77.0 Å². The molecule has 0 unspecified atom stereocenters. The van der Waals surface area contributed by atoms with Crippen molar-refractivity contribution in [1.82, 2.24) is 79.7 Å². The average molecular weight is 1530 g/mol. The second kappa shape index (κ2) is 29.1. The number of rotatable bonds is 6. The Hall–Kier alpha value is -10.8. The van der Waals surface area contributed by atoms with E-state index in [9.17, 15) is 0 Å². The maximum absolute atomic E-state index is 5.03. The van der Waals surface area contributed by atoms with Crippen molar-refractivity contribution in [3.05, 3.63) is 281 Å². The first-order valence-electron chi connectivity index (χ1n) is 27.6. The van der Waals surface area contributed by atoms with Crippen LogP contribution >= 0.6 is 11.3 Å². The fourth-order valence-corrected chi connectivity index (χ4v) is 10.5. The Bertz CT molecular complexity index is 4280. The van der Waals surface area contributed by atoms with Gasteiger partial charge in [-0.2, -0.15) is 0 Å².